The van der Waals surface area contributed by atoms with Crippen LogP contribution in [0.2, 0.25) is 0 Å². The van der Waals surface area contributed by atoms with E-state index in [1.54, 1.807) is 0 Å². The van der Waals surface area contributed by atoms with Crippen LogP contribution in [-0.2, 0) is 14.3 Å². The molecule has 33 heavy (non-hydrogen) atoms. The summed E-state index contributed by atoms with van der Waals surface area (Å²) in [5.41, 5.74) is 0. The fraction of sp³-hybridized carbons (Fsp3) is 0.931. The molecule has 1 rings (SSSR count). The Morgan fingerprint density at radius 3 is 1.58 bits per heavy atom. The minimum absolute atomic E-state index is 0.0485. The van der Waals surface area contributed by atoms with Gasteiger partial charge in [-0.1, -0.05) is 97.8 Å². The number of esters is 1. The molecule has 0 aliphatic heterocycles. The van der Waals surface area contributed by atoms with Crippen LogP contribution in [0, 0.1) is 17.8 Å². The second kappa shape index (κ2) is 19.3. The number of carbonyl (C=O) groups excluding carboxylic acids is 1. The lowest BCUT2D eigenvalue weighted by molar-refractivity contribution is -0.158. The highest BCUT2D eigenvalue weighted by atomic mass is 16.5. The number of unbranched alkanes of at least 4 members (excludes halogenated alkanes) is 11. The largest absolute Gasteiger partial charge is 0.481 e. The quantitative estimate of drug-likeness (QED) is 0.144. The van der Waals surface area contributed by atoms with Gasteiger partial charge in [0.05, 0.1) is 11.8 Å². The van der Waals surface area contributed by atoms with Gasteiger partial charge in [0.15, 0.2) is 0 Å². The van der Waals surface area contributed by atoms with Gasteiger partial charge in [-0.2, -0.15) is 0 Å². The highest BCUT2D eigenvalue weighted by Gasteiger charge is 2.31. The Bertz CT molecular complexity index is 494. The van der Waals surface area contributed by atoms with Gasteiger partial charge in [0.1, 0.15) is 6.10 Å². The summed E-state index contributed by atoms with van der Waals surface area (Å²) in [6.07, 6.45) is 22.6. The number of hydrogen-bond acceptors (Lipinski definition) is 3. The van der Waals surface area contributed by atoms with Crippen LogP contribution >= 0.6 is 0 Å². The van der Waals surface area contributed by atoms with Gasteiger partial charge in [-0.05, 0) is 57.3 Å². The second-order valence-corrected chi connectivity index (χ2v) is 10.9. The molecule has 194 valence electrons. The van der Waals surface area contributed by atoms with Crippen molar-refractivity contribution >= 4 is 11.9 Å². The topological polar surface area (TPSA) is 63.6 Å². The average Bonchev–Trinajstić information content (AvgIpc) is 2.79. The number of hydrogen-bond donors (Lipinski definition) is 1. The molecule has 4 heteroatoms. The number of carboxylic acid groups (broad SMARTS) is 1. The van der Waals surface area contributed by atoms with Crippen LogP contribution in [0.1, 0.15) is 149 Å². The molecule has 0 aromatic rings. The molecule has 1 N–H and O–H groups in total. The van der Waals surface area contributed by atoms with E-state index in [-0.39, 0.29) is 23.9 Å². The molecule has 1 atom stereocenters. The van der Waals surface area contributed by atoms with Crippen LogP contribution in [0.5, 0.6) is 0 Å². The normalized spacial score (nSPS) is 19.5. The minimum Gasteiger partial charge on any atom is -0.481 e. The van der Waals surface area contributed by atoms with E-state index < -0.39 is 5.97 Å². The predicted octanol–water partition coefficient (Wildman–Crippen LogP) is 8.71. The predicted molar refractivity (Wildman–Crippen MR) is 137 cm³/mol. The lowest BCUT2D eigenvalue weighted by atomic mass is 9.82. The molecular formula is C29H54O4. The summed E-state index contributed by atoms with van der Waals surface area (Å²) < 4.78 is 6.00. The van der Waals surface area contributed by atoms with Crippen molar-refractivity contribution in [3.05, 3.63) is 0 Å². The Morgan fingerprint density at radius 1 is 0.697 bits per heavy atom. The fourth-order valence-electron chi connectivity index (χ4n) is 5.06. The number of rotatable bonds is 20. The molecule has 1 unspecified atom stereocenters. The number of aliphatic carboxylic acids is 1. The third-order valence-electron chi connectivity index (χ3n) is 7.38. The molecule has 0 saturated heterocycles. The highest BCUT2D eigenvalue weighted by Crippen LogP contribution is 2.30. The molecule has 0 aromatic carbocycles. The Kier molecular flexibility index (Phi) is 17.5. The third kappa shape index (κ3) is 15.5. The molecule has 0 spiro atoms. The molecule has 1 aliphatic carbocycles. The van der Waals surface area contributed by atoms with Gasteiger partial charge < -0.3 is 9.84 Å². The summed E-state index contributed by atoms with van der Waals surface area (Å²) in [5, 5.41) is 9.18. The Labute approximate surface area is 204 Å². The van der Waals surface area contributed by atoms with E-state index in [1.165, 1.54) is 77.0 Å². The lowest BCUT2D eigenvalue weighted by Crippen LogP contribution is -2.29. The Morgan fingerprint density at radius 2 is 1.12 bits per heavy atom. The monoisotopic (exact) mass is 466 g/mol. The maximum absolute atomic E-state index is 12.8. The van der Waals surface area contributed by atoms with Crippen LogP contribution in [-0.4, -0.2) is 23.1 Å². The van der Waals surface area contributed by atoms with E-state index in [2.05, 4.69) is 20.8 Å². The first-order valence-corrected chi connectivity index (χ1v) is 14.4. The van der Waals surface area contributed by atoms with Crippen molar-refractivity contribution in [1.29, 1.82) is 0 Å². The van der Waals surface area contributed by atoms with Gasteiger partial charge in [-0.3, -0.25) is 9.59 Å². The van der Waals surface area contributed by atoms with Crippen LogP contribution < -0.4 is 0 Å². The van der Waals surface area contributed by atoms with Gasteiger partial charge in [0, 0.05) is 0 Å². The molecule has 1 fully saturated rings. The summed E-state index contributed by atoms with van der Waals surface area (Å²) >= 11 is 0. The van der Waals surface area contributed by atoms with Gasteiger partial charge in [0.2, 0.25) is 0 Å². The van der Waals surface area contributed by atoms with E-state index in [0.29, 0.717) is 25.7 Å². The van der Waals surface area contributed by atoms with Crippen LogP contribution in [0.3, 0.4) is 0 Å². The zero-order valence-electron chi connectivity index (χ0n) is 22.1. The molecule has 1 aliphatic rings. The maximum Gasteiger partial charge on any atom is 0.309 e. The van der Waals surface area contributed by atoms with Gasteiger partial charge in [-0.25, -0.2) is 0 Å². The average molecular weight is 467 g/mol. The molecule has 0 aromatic heterocycles. The highest BCUT2D eigenvalue weighted by molar-refractivity contribution is 5.74. The summed E-state index contributed by atoms with van der Waals surface area (Å²) in [6.45, 7) is 6.84. The van der Waals surface area contributed by atoms with E-state index in [4.69, 9.17) is 4.74 Å². The van der Waals surface area contributed by atoms with Crippen molar-refractivity contribution < 1.29 is 19.4 Å². The SMILES string of the molecule is CCCCCCCC(CCCCCCCCCCC(C)C)OC(=O)C1CCC(C(=O)O)CC1. The molecular weight excluding hydrogens is 412 g/mol. The molecule has 0 bridgehead atoms. The summed E-state index contributed by atoms with van der Waals surface area (Å²) in [5.74, 6) is -0.336. The molecule has 0 amide bonds. The Hall–Kier alpha value is -1.06. The number of carbonyl (C=O) groups is 2. The first-order valence-electron chi connectivity index (χ1n) is 14.4. The van der Waals surface area contributed by atoms with E-state index in [1.807, 2.05) is 0 Å². The van der Waals surface area contributed by atoms with Crippen molar-refractivity contribution in [2.75, 3.05) is 0 Å². The molecule has 0 radical (unpaired) electrons. The number of ether oxygens (including phenoxy) is 1. The first kappa shape index (κ1) is 30.0. The third-order valence-corrected chi connectivity index (χ3v) is 7.38. The van der Waals surface area contributed by atoms with E-state index in [9.17, 15) is 14.7 Å². The van der Waals surface area contributed by atoms with Crippen LogP contribution in [0.25, 0.3) is 0 Å². The van der Waals surface area contributed by atoms with Gasteiger partial charge >= 0.3 is 11.9 Å². The summed E-state index contributed by atoms with van der Waals surface area (Å²) in [7, 11) is 0. The molecule has 0 heterocycles. The Balaban J connectivity index is 2.26. The van der Waals surface area contributed by atoms with Crippen molar-refractivity contribution in [3.63, 3.8) is 0 Å². The van der Waals surface area contributed by atoms with Crippen molar-refractivity contribution in [2.24, 2.45) is 17.8 Å². The second-order valence-electron chi connectivity index (χ2n) is 10.9. The van der Waals surface area contributed by atoms with Crippen molar-refractivity contribution in [3.8, 4) is 0 Å². The van der Waals surface area contributed by atoms with Crippen molar-refractivity contribution in [2.45, 2.75) is 155 Å². The van der Waals surface area contributed by atoms with Gasteiger partial charge in [0.25, 0.3) is 0 Å². The summed E-state index contributed by atoms with van der Waals surface area (Å²) in [4.78, 5) is 23.9. The zero-order valence-corrected chi connectivity index (χ0v) is 22.1. The molecule has 4 nitrogen and oxygen atoms in total. The standard InChI is InChI=1S/C29H54O4/c1-4-5-6-11-15-18-27(19-16-13-10-8-7-9-12-14-17-24(2)3)33-29(32)26-22-20-25(21-23-26)28(30)31/h24-27H,4-23H2,1-3H3,(H,30,31). The fourth-order valence-corrected chi connectivity index (χ4v) is 5.06. The van der Waals surface area contributed by atoms with Crippen LogP contribution in [0.15, 0.2) is 0 Å². The minimum atomic E-state index is -0.720. The first-order chi connectivity index (χ1) is 15.9. The van der Waals surface area contributed by atoms with E-state index >= 15 is 0 Å². The number of carboxylic acids is 1. The van der Waals surface area contributed by atoms with E-state index in [0.717, 1.165) is 31.6 Å². The summed E-state index contributed by atoms with van der Waals surface area (Å²) in [6, 6.07) is 0. The van der Waals surface area contributed by atoms with Crippen molar-refractivity contribution in [1.82, 2.24) is 0 Å². The van der Waals surface area contributed by atoms with Gasteiger partial charge in [-0.15, -0.1) is 0 Å². The smallest absolute Gasteiger partial charge is 0.309 e. The molecule has 1 saturated carbocycles. The maximum atomic E-state index is 12.8. The van der Waals surface area contributed by atoms with Crippen LogP contribution in [0.4, 0.5) is 0 Å². The zero-order chi connectivity index (χ0) is 24.3. The lowest BCUT2D eigenvalue weighted by Gasteiger charge is -2.27.